The summed E-state index contributed by atoms with van der Waals surface area (Å²) in [7, 11) is 1.58. The molecule has 4 atom stereocenters. The number of hydrogen-bond donors (Lipinski definition) is 2. The number of allylic oxidation sites excluding steroid dienone is 3. The van der Waals surface area contributed by atoms with Crippen LogP contribution in [-0.2, 0) is 15.9 Å². The van der Waals surface area contributed by atoms with Crippen LogP contribution in [0.25, 0.3) is 0 Å². The molecule has 2 aliphatic rings. The van der Waals surface area contributed by atoms with Crippen molar-refractivity contribution in [1.82, 2.24) is 0 Å². The second-order valence-corrected chi connectivity index (χ2v) is 6.86. The Morgan fingerprint density at radius 3 is 2.68 bits per heavy atom. The van der Waals surface area contributed by atoms with Crippen molar-refractivity contribution in [3.63, 3.8) is 0 Å². The molecule has 0 radical (unpaired) electrons. The molecular weight excluding hydrogens is 320 g/mol. The number of phenolic OH excluding ortho intramolecular Hbond substituents is 2. The van der Waals surface area contributed by atoms with E-state index >= 15 is 0 Å². The first-order chi connectivity index (χ1) is 12.0. The molecule has 1 aliphatic heterocycles. The molecule has 25 heavy (non-hydrogen) atoms. The van der Waals surface area contributed by atoms with Crippen LogP contribution in [0, 0.1) is 11.8 Å². The fourth-order valence-electron chi connectivity index (χ4n) is 3.40. The van der Waals surface area contributed by atoms with E-state index in [1.54, 1.807) is 7.11 Å². The Hall–Kier alpha value is -2.27. The third kappa shape index (κ3) is 4.23. The highest BCUT2D eigenvalue weighted by Gasteiger charge is 2.36. The lowest BCUT2D eigenvalue weighted by Gasteiger charge is -2.18. The Morgan fingerprint density at radius 2 is 1.92 bits per heavy atom. The smallest absolute Gasteiger partial charge is 0.342 e. The maximum absolute atomic E-state index is 12.6. The molecule has 0 saturated heterocycles. The quantitative estimate of drug-likeness (QED) is 0.764. The molecule has 5 nitrogen and oxygen atoms in total. The van der Waals surface area contributed by atoms with Gasteiger partial charge in [0.05, 0.1) is 12.2 Å². The number of benzene rings is 1. The van der Waals surface area contributed by atoms with Gasteiger partial charge in [-0.1, -0.05) is 24.3 Å². The Balaban J connectivity index is 1.96. The molecule has 1 aliphatic carbocycles. The van der Waals surface area contributed by atoms with Gasteiger partial charge in [-0.3, -0.25) is 0 Å². The van der Waals surface area contributed by atoms with E-state index in [0.29, 0.717) is 23.8 Å². The van der Waals surface area contributed by atoms with Gasteiger partial charge in [-0.2, -0.15) is 0 Å². The van der Waals surface area contributed by atoms with E-state index in [1.165, 1.54) is 6.07 Å². The highest BCUT2D eigenvalue weighted by molar-refractivity contribution is 5.94. The molecule has 134 valence electrons. The number of carbonyl (C=O) groups is 1. The lowest BCUT2D eigenvalue weighted by Crippen LogP contribution is -2.19. The predicted molar refractivity (Wildman–Crippen MR) is 93.6 cm³/mol. The van der Waals surface area contributed by atoms with Crippen molar-refractivity contribution in [3.8, 4) is 11.5 Å². The van der Waals surface area contributed by atoms with E-state index in [1.807, 2.05) is 25.2 Å². The Labute approximate surface area is 147 Å². The van der Waals surface area contributed by atoms with Gasteiger partial charge in [-0.05, 0) is 43.2 Å². The maximum atomic E-state index is 12.6. The van der Waals surface area contributed by atoms with E-state index in [2.05, 4.69) is 6.08 Å². The summed E-state index contributed by atoms with van der Waals surface area (Å²) in [6, 6.07) is 2.63. The minimum Gasteiger partial charge on any atom is -0.508 e. The Kier molecular flexibility index (Phi) is 5.13. The topological polar surface area (TPSA) is 76.0 Å². The van der Waals surface area contributed by atoms with Crippen molar-refractivity contribution in [2.75, 3.05) is 7.11 Å². The summed E-state index contributed by atoms with van der Waals surface area (Å²) in [5.41, 5.74) is 0.594. The normalized spacial score (nSPS) is 29.3. The van der Waals surface area contributed by atoms with Gasteiger partial charge in [-0.25, -0.2) is 4.79 Å². The SMILES string of the molecule is CO[C@H]1C=CC=C[C@H]2C[C@@H]2C[C@@H](C)OC(=O)c2c(O)cc(O)cc2C1. The average Bonchev–Trinajstić information content (AvgIpc) is 3.26. The van der Waals surface area contributed by atoms with Crippen LogP contribution in [0.3, 0.4) is 0 Å². The summed E-state index contributed by atoms with van der Waals surface area (Å²) < 4.78 is 11.0. The number of aromatic hydroxyl groups is 2. The van der Waals surface area contributed by atoms with Crippen LogP contribution in [-0.4, -0.2) is 35.5 Å². The minimum absolute atomic E-state index is 0.0973. The molecule has 1 aromatic carbocycles. The van der Waals surface area contributed by atoms with Crippen LogP contribution < -0.4 is 0 Å². The second kappa shape index (κ2) is 7.31. The molecule has 0 amide bonds. The Bertz CT molecular complexity index is 706. The van der Waals surface area contributed by atoms with Crippen LogP contribution in [0.2, 0.25) is 0 Å². The number of rotatable bonds is 1. The molecule has 0 aromatic heterocycles. The zero-order valence-corrected chi connectivity index (χ0v) is 14.5. The van der Waals surface area contributed by atoms with Crippen molar-refractivity contribution in [2.24, 2.45) is 11.8 Å². The van der Waals surface area contributed by atoms with Crippen molar-refractivity contribution >= 4 is 5.97 Å². The van der Waals surface area contributed by atoms with Crippen molar-refractivity contribution in [3.05, 3.63) is 47.6 Å². The zero-order valence-electron chi connectivity index (χ0n) is 14.5. The van der Waals surface area contributed by atoms with Crippen molar-refractivity contribution < 1.29 is 24.5 Å². The molecule has 1 fully saturated rings. The maximum Gasteiger partial charge on any atom is 0.342 e. The summed E-state index contributed by atoms with van der Waals surface area (Å²) in [5, 5.41) is 20.0. The third-order valence-corrected chi connectivity index (χ3v) is 4.83. The van der Waals surface area contributed by atoms with Gasteiger partial charge in [0.25, 0.3) is 0 Å². The molecule has 3 rings (SSSR count). The number of ether oxygens (including phenoxy) is 2. The van der Waals surface area contributed by atoms with Gasteiger partial charge in [0.1, 0.15) is 17.1 Å². The fraction of sp³-hybridized carbons (Fsp3) is 0.450. The lowest BCUT2D eigenvalue weighted by molar-refractivity contribution is 0.0306. The van der Waals surface area contributed by atoms with Crippen molar-refractivity contribution in [2.45, 2.75) is 38.4 Å². The summed E-state index contributed by atoms with van der Waals surface area (Å²) in [5.74, 6) is 0.123. The number of methoxy groups -OCH3 is 1. The number of hydrogen-bond acceptors (Lipinski definition) is 5. The molecule has 1 saturated carbocycles. The Morgan fingerprint density at radius 1 is 1.16 bits per heavy atom. The average molecular weight is 344 g/mol. The molecular formula is C20H24O5. The first kappa shape index (κ1) is 17.5. The van der Waals surface area contributed by atoms with Crippen LogP contribution in [0.4, 0.5) is 0 Å². The van der Waals surface area contributed by atoms with Gasteiger partial charge in [0.2, 0.25) is 0 Å². The van der Waals surface area contributed by atoms with Gasteiger partial charge in [0.15, 0.2) is 0 Å². The highest BCUT2D eigenvalue weighted by atomic mass is 16.5. The largest absolute Gasteiger partial charge is 0.508 e. The number of cyclic esters (lactones) is 1. The number of esters is 1. The van der Waals surface area contributed by atoms with E-state index in [0.717, 1.165) is 18.9 Å². The molecule has 0 spiro atoms. The van der Waals surface area contributed by atoms with Crippen LogP contribution in [0.15, 0.2) is 36.4 Å². The minimum atomic E-state index is -0.566. The molecule has 2 N–H and O–H groups in total. The van der Waals surface area contributed by atoms with Gasteiger partial charge in [-0.15, -0.1) is 0 Å². The summed E-state index contributed by atoms with van der Waals surface area (Å²) in [6.07, 6.45) is 9.79. The van der Waals surface area contributed by atoms with Crippen molar-refractivity contribution in [1.29, 1.82) is 0 Å². The fourth-order valence-corrected chi connectivity index (χ4v) is 3.40. The summed E-state index contributed by atoms with van der Waals surface area (Å²) >= 11 is 0. The number of phenols is 2. The second-order valence-electron chi connectivity index (χ2n) is 6.86. The molecule has 0 bridgehead atoms. The molecule has 5 heteroatoms. The number of carbonyl (C=O) groups excluding carboxylic acids is 1. The first-order valence-electron chi connectivity index (χ1n) is 8.61. The standard InChI is InChI=1S/C20H24O5/c1-12-7-14-8-13(14)5-3-4-6-17(24-2)10-15-9-16(21)11-18(22)19(15)20(23)25-12/h3-6,9,11-14,17,21-22H,7-8,10H2,1-2H3/t12-,13+,14+,17+/m1/s1. The predicted octanol–water partition coefficient (Wildman–Crippen LogP) is 3.35. The van der Waals surface area contributed by atoms with Crippen LogP contribution in [0.5, 0.6) is 11.5 Å². The summed E-state index contributed by atoms with van der Waals surface area (Å²) in [6.45, 7) is 1.87. The van der Waals surface area contributed by atoms with E-state index < -0.39 is 5.97 Å². The van der Waals surface area contributed by atoms with Crippen LogP contribution in [0.1, 0.15) is 35.7 Å². The van der Waals surface area contributed by atoms with E-state index in [-0.39, 0.29) is 29.3 Å². The van der Waals surface area contributed by atoms with Gasteiger partial charge >= 0.3 is 5.97 Å². The third-order valence-electron chi connectivity index (χ3n) is 4.83. The first-order valence-corrected chi connectivity index (χ1v) is 8.61. The summed E-state index contributed by atoms with van der Waals surface area (Å²) in [4.78, 5) is 12.6. The zero-order chi connectivity index (χ0) is 18.0. The van der Waals surface area contributed by atoms with E-state index in [9.17, 15) is 15.0 Å². The lowest BCUT2D eigenvalue weighted by atomic mass is 9.99. The molecule has 0 unspecified atom stereocenters. The van der Waals surface area contributed by atoms with E-state index in [4.69, 9.17) is 9.47 Å². The number of fused-ring (bicyclic) bond motifs is 2. The molecule has 1 heterocycles. The van der Waals surface area contributed by atoms with Crippen LogP contribution >= 0.6 is 0 Å². The highest BCUT2D eigenvalue weighted by Crippen LogP contribution is 2.43. The monoisotopic (exact) mass is 344 g/mol. The van der Waals surface area contributed by atoms with Gasteiger partial charge < -0.3 is 19.7 Å². The van der Waals surface area contributed by atoms with Gasteiger partial charge in [0, 0.05) is 19.6 Å². The molecule has 1 aromatic rings.